The van der Waals surface area contributed by atoms with Gasteiger partial charge in [-0.15, -0.1) is 0 Å². The number of rotatable bonds is 7. The van der Waals surface area contributed by atoms with Crippen molar-refractivity contribution < 1.29 is 9.84 Å². The summed E-state index contributed by atoms with van der Waals surface area (Å²) in [5.41, 5.74) is 0. The Balaban J connectivity index is 3.18. The molecule has 0 amide bonds. The number of hydrogen-bond donors (Lipinski definition) is 2. The highest BCUT2D eigenvalue weighted by molar-refractivity contribution is 4.60. The first-order valence-corrected chi connectivity index (χ1v) is 4.71. The van der Waals surface area contributed by atoms with E-state index in [-0.39, 0.29) is 12.2 Å². The molecule has 12 heavy (non-hydrogen) atoms. The van der Waals surface area contributed by atoms with Gasteiger partial charge in [0.2, 0.25) is 0 Å². The van der Waals surface area contributed by atoms with Gasteiger partial charge in [0.1, 0.15) is 0 Å². The standard InChI is InChI=1S/C9H21NO2/c1-4-9(11)7-10-6-8(3)12-5-2/h8-11H,4-7H2,1-3H3. The molecule has 2 unspecified atom stereocenters. The van der Waals surface area contributed by atoms with E-state index >= 15 is 0 Å². The zero-order chi connectivity index (χ0) is 9.40. The second kappa shape index (κ2) is 7.53. The quantitative estimate of drug-likeness (QED) is 0.600. The Morgan fingerprint density at radius 3 is 2.50 bits per heavy atom. The van der Waals surface area contributed by atoms with E-state index in [0.717, 1.165) is 19.6 Å². The lowest BCUT2D eigenvalue weighted by atomic mass is 10.3. The van der Waals surface area contributed by atoms with E-state index in [1.165, 1.54) is 0 Å². The van der Waals surface area contributed by atoms with Gasteiger partial charge in [-0.2, -0.15) is 0 Å². The summed E-state index contributed by atoms with van der Waals surface area (Å²) in [5.74, 6) is 0. The Bertz CT molecular complexity index is 98.5. The molecule has 0 fully saturated rings. The van der Waals surface area contributed by atoms with Crippen LogP contribution < -0.4 is 5.32 Å². The Morgan fingerprint density at radius 2 is 2.00 bits per heavy atom. The lowest BCUT2D eigenvalue weighted by molar-refractivity contribution is 0.0722. The number of ether oxygens (including phenoxy) is 1. The third-order valence-corrected chi connectivity index (χ3v) is 1.73. The molecule has 3 heteroatoms. The lowest BCUT2D eigenvalue weighted by Gasteiger charge is -2.14. The number of aliphatic hydroxyl groups is 1. The van der Waals surface area contributed by atoms with Crippen LogP contribution >= 0.6 is 0 Å². The molecule has 0 aliphatic carbocycles. The molecule has 0 rings (SSSR count). The number of nitrogens with one attached hydrogen (secondary N) is 1. The molecule has 0 aliphatic heterocycles. The minimum Gasteiger partial charge on any atom is -0.392 e. The first-order valence-electron chi connectivity index (χ1n) is 4.71. The molecule has 0 spiro atoms. The average molecular weight is 175 g/mol. The summed E-state index contributed by atoms with van der Waals surface area (Å²) in [5, 5.41) is 12.3. The summed E-state index contributed by atoms with van der Waals surface area (Å²) in [7, 11) is 0. The van der Waals surface area contributed by atoms with Crippen molar-refractivity contribution in [3.63, 3.8) is 0 Å². The Morgan fingerprint density at radius 1 is 1.33 bits per heavy atom. The van der Waals surface area contributed by atoms with Crippen LogP contribution in [0.25, 0.3) is 0 Å². The molecule has 0 radical (unpaired) electrons. The molecule has 0 heterocycles. The van der Waals surface area contributed by atoms with Gasteiger partial charge in [-0.25, -0.2) is 0 Å². The van der Waals surface area contributed by atoms with Crippen molar-refractivity contribution in [2.75, 3.05) is 19.7 Å². The molecule has 74 valence electrons. The molecule has 3 nitrogen and oxygen atoms in total. The van der Waals surface area contributed by atoms with Crippen molar-refractivity contribution in [1.82, 2.24) is 5.32 Å². The fourth-order valence-electron chi connectivity index (χ4n) is 0.941. The molecule has 0 saturated heterocycles. The van der Waals surface area contributed by atoms with Crippen LogP contribution in [-0.2, 0) is 4.74 Å². The van der Waals surface area contributed by atoms with E-state index in [0.29, 0.717) is 6.54 Å². The molecular weight excluding hydrogens is 154 g/mol. The third kappa shape index (κ3) is 6.58. The Labute approximate surface area is 75.1 Å². The minimum absolute atomic E-state index is 0.223. The van der Waals surface area contributed by atoms with Gasteiger partial charge in [0.25, 0.3) is 0 Å². The van der Waals surface area contributed by atoms with Gasteiger partial charge >= 0.3 is 0 Å². The molecule has 0 bridgehead atoms. The fraction of sp³-hybridized carbons (Fsp3) is 1.00. The van der Waals surface area contributed by atoms with E-state index in [1.54, 1.807) is 0 Å². The molecule has 2 atom stereocenters. The maximum absolute atomic E-state index is 9.20. The van der Waals surface area contributed by atoms with Crippen LogP contribution in [-0.4, -0.2) is 37.0 Å². The van der Waals surface area contributed by atoms with Crippen LogP contribution in [0.15, 0.2) is 0 Å². The predicted molar refractivity (Wildman–Crippen MR) is 50.3 cm³/mol. The third-order valence-electron chi connectivity index (χ3n) is 1.73. The van der Waals surface area contributed by atoms with Crippen LogP contribution in [0.3, 0.4) is 0 Å². The maximum atomic E-state index is 9.20. The van der Waals surface area contributed by atoms with Crippen LogP contribution in [0.5, 0.6) is 0 Å². The van der Waals surface area contributed by atoms with Gasteiger partial charge in [0.05, 0.1) is 12.2 Å². The van der Waals surface area contributed by atoms with Gasteiger partial charge < -0.3 is 15.2 Å². The van der Waals surface area contributed by atoms with Crippen LogP contribution in [0, 0.1) is 0 Å². The Hall–Kier alpha value is -0.120. The average Bonchev–Trinajstić information content (AvgIpc) is 2.04. The van der Waals surface area contributed by atoms with Crippen molar-refractivity contribution in [2.45, 2.75) is 39.4 Å². The van der Waals surface area contributed by atoms with Gasteiger partial charge in [0, 0.05) is 19.7 Å². The van der Waals surface area contributed by atoms with Gasteiger partial charge in [-0.1, -0.05) is 6.92 Å². The smallest absolute Gasteiger partial charge is 0.0671 e. The van der Waals surface area contributed by atoms with Crippen molar-refractivity contribution in [3.05, 3.63) is 0 Å². The van der Waals surface area contributed by atoms with E-state index < -0.39 is 0 Å². The van der Waals surface area contributed by atoms with Crippen molar-refractivity contribution >= 4 is 0 Å². The molecule has 0 aromatic carbocycles. The largest absolute Gasteiger partial charge is 0.392 e. The maximum Gasteiger partial charge on any atom is 0.0671 e. The highest BCUT2D eigenvalue weighted by Crippen LogP contribution is 1.89. The van der Waals surface area contributed by atoms with E-state index in [4.69, 9.17) is 4.74 Å². The molecule has 2 N–H and O–H groups in total. The molecule has 0 aliphatic rings. The normalized spacial score (nSPS) is 16.0. The molecular formula is C9H21NO2. The highest BCUT2D eigenvalue weighted by atomic mass is 16.5. The summed E-state index contributed by atoms with van der Waals surface area (Å²) in [6, 6.07) is 0. The fourth-order valence-corrected chi connectivity index (χ4v) is 0.941. The lowest BCUT2D eigenvalue weighted by Crippen LogP contribution is -2.32. The van der Waals surface area contributed by atoms with Gasteiger partial charge in [0.15, 0.2) is 0 Å². The van der Waals surface area contributed by atoms with Crippen molar-refractivity contribution in [1.29, 1.82) is 0 Å². The second-order valence-corrected chi connectivity index (χ2v) is 2.99. The zero-order valence-electron chi connectivity index (χ0n) is 8.34. The zero-order valence-corrected chi connectivity index (χ0v) is 8.34. The summed E-state index contributed by atoms with van der Waals surface area (Å²) >= 11 is 0. The predicted octanol–water partition coefficient (Wildman–Crippen LogP) is 0.772. The van der Waals surface area contributed by atoms with E-state index in [2.05, 4.69) is 5.32 Å². The summed E-state index contributed by atoms with van der Waals surface area (Å²) in [6.07, 6.45) is 0.814. The van der Waals surface area contributed by atoms with Gasteiger partial charge in [-0.3, -0.25) is 0 Å². The summed E-state index contributed by atoms with van der Waals surface area (Å²) in [4.78, 5) is 0. The summed E-state index contributed by atoms with van der Waals surface area (Å²) < 4.78 is 5.31. The van der Waals surface area contributed by atoms with Crippen LogP contribution in [0.4, 0.5) is 0 Å². The van der Waals surface area contributed by atoms with Crippen molar-refractivity contribution in [2.24, 2.45) is 0 Å². The molecule has 0 aromatic heterocycles. The number of hydrogen-bond acceptors (Lipinski definition) is 3. The van der Waals surface area contributed by atoms with Crippen LogP contribution in [0.1, 0.15) is 27.2 Å². The second-order valence-electron chi connectivity index (χ2n) is 2.99. The van der Waals surface area contributed by atoms with Crippen molar-refractivity contribution in [3.8, 4) is 0 Å². The molecule has 0 aromatic rings. The SMILES string of the molecule is CCOC(C)CNCC(O)CC. The topological polar surface area (TPSA) is 41.5 Å². The first-order chi connectivity index (χ1) is 5.70. The minimum atomic E-state index is -0.223. The van der Waals surface area contributed by atoms with E-state index in [9.17, 15) is 5.11 Å². The molecule has 0 saturated carbocycles. The monoisotopic (exact) mass is 175 g/mol. The van der Waals surface area contributed by atoms with E-state index in [1.807, 2.05) is 20.8 Å². The number of aliphatic hydroxyl groups excluding tert-OH is 1. The first kappa shape index (κ1) is 11.9. The van der Waals surface area contributed by atoms with Gasteiger partial charge in [-0.05, 0) is 20.3 Å². The highest BCUT2D eigenvalue weighted by Gasteiger charge is 2.02. The Kier molecular flexibility index (Phi) is 7.45. The summed E-state index contributed by atoms with van der Waals surface area (Å²) in [6.45, 7) is 8.20. The van der Waals surface area contributed by atoms with Crippen LogP contribution in [0.2, 0.25) is 0 Å².